The number of hydrogen-bond acceptors (Lipinski definition) is 13. The average molecular weight is 706 g/mol. The van der Waals surface area contributed by atoms with E-state index in [4.69, 9.17) is 48.9 Å². The second-order valence-electron chi connectivity index (χ2n) is 7.84. The highest BCUT2D eigenvalue weighted by atomic mass is 31.2. The molecule has 0 amide bonds. The van der Waals surface area contributed by atoms with Crippen molar-refractivity contribution in [2.45, 2.75) is 11.8 Å². The molecule has 41 heavy (non-hydrogen) atoms. The van der Waals surface area contributed by atoms with E-state index in [2.05, 4.69) is 14.2 Å². The van der Waals surface area contributed by atoms with Crippen LogP contribution in [-0.4, -0.2) is 135 Å². The van der Waals surface area contributed by atoms with E-state index in [9.17, 15) is 37.2 Å². The summed E-state index contributed by atoms with van der Waals surface area (Å²) < 4.78 is 67.9. The molecule has 28 heteroatoms. The molecule has 0 aromatic carbocycles. The quantitative estimate of drug-likeness (QED) is 0.0244. The van der Waals surface area contributed by atoms with Crippen molar-refractivity contribution in [2.24, 2.45) is 0 Å². The fraction of sp³-hybridized carbons (Fsp3) is 0.769. The number of carbonyl (C=O) groups is 3. The van der Waals surface area contributed by atoms with Crippen LogP contribution >= 0.6 is 38.0 Å². The number of hydrogen-bond donors (Lipinski definition) is 10. The number of carbonyl (C=O) groups excluding carboxylic acids is 3. The van der Waals surface area contributed by atoms with Crippen molar-refractivity contribution in [3.8, 4) is 0 Å². The Morgan fingerprint density at radius 2 is 0.902 bits per heavy atom. The Morgan fingerprint density at radius 3 is 1.15 bits per heavy atom. The van der Waals surface area contributed by atoms with Crippen LogP contribution in [0.3, 0.4) is 0 Å². The zero-order chi connectivity index (χ0) is 32.8. The summed E-state index contributed by atoms with van der Waals surface area (Å²) in [6.45, 7) is -2.45. The van der Waals surface area contributed by atoms with Gasteiger partial charge in [-0.2, -0.15) is 0 Å². The topological polar surface area (TPSA) is 373 Å². The number of nitrogens with zero attached hydrogens (tertiary/aromatic N) is 2. The predicted molar refractivity (Wildman–Crippen MR) is 132 cm³/mol. The maximum absolute atomic E-state index is 11.2. The van der Waals surface area contributed by atoms with Crippen LogP contribution in [0.5, 0.6) is 0 Å². The van der Waals surface area contributed by atoms with Crippen molar-refractivity contribution in [1.29, 1.82) is 0 Å². The van der Waals surface area contributed by atoms with Crippen LogP contribution in [0.1, 0.15) is 6.42 Å². The van der Waals surface area contributed by atoms with Crippen LogP contribution in [0.15, 0.2) is 0 Å². The molecule has 0 aromatic rings. The summed E-state index contributed by atoms with van der Waals surface area (Å²) in [7, 11) is -23.7. The minimum atomic E-state index is -4.93. The van der Waals surface area contributed by atoms with Crippen LogP contribution in [0, 0.1) is 0 Å². The summed E-state index contributed by atoms with van der Waals surface area (Å²) in [5.74, 6) is 0. The Kier molecular flexibility index (Phi) is 18.6. The van der Waals surface area contributed by atoms with Crippen molar-refractivity contribution in [3.05, 3.63) is 0 Å². The molecule has 0 heterocycles. The summed E-state index contributed by atoms with van der Waals surface area (Å²) in [4.78, 5) is 121. The Morgan fingerprint density at radius 1 is 0.561 bits per heavy atom. The van der Waals surface area contributed by atoms with Gasteiger partial charge in [0.25, 0.3) is 19.4 Å². The van der Waals surface area contributed by atoms with E-state index >= 15 is 0 Å². The van der Waals surface area contributed by atoms with Gasteiger partial charge in [0, 0.05) is 19.5 Å². The molecule has 0 saturated carbocycles. The first kappa shape index (κ1) is 42.2. The van der Waals surface area contributed by atoms with Crippen molar-refractivity contribution in [3.63, 3.8) is 0 Å². The maximum atomic E-state index is 11.2. The van der Waals surface area contributed by atoms with Gasteiger partial charge in [-0.15, -0.1) is 0 Å². The summed E-state index contributed by atoms with van der Waals surface area (Å²) in [6, 6.07) is 0. The van der Waals surface area contributed by atoms with E-state index in [1.807, 2.05) is 0 Å². The summed E-state index contributed by atoms with van der Waals surface area (Å²) in [6.07, 6.45) is -4.69. The van der Waals surface area contributed by atoms with Crippen LogP contribution in [0.2, 0.25) is 0 Å². The van der Waals surface area contributed by atoms with Crippen LogP contribution < -0.4 is 0 Å². The monoisotopic (exact) mass is 706 g/mol. The van der Waals surface area contributed by atoms with Gasteiger partial charge in [-0.05, 0) is 0 Å². The Bertz CT molecular complexity index is 958. The molecule has 0 radical (unpaired) electrons. The van der Waals surface area contributed by atoms with Gasteiger partial charge in [0.15, 0.2) is 0 Å². The van der Waals surface area contributed by atoms with Gasteiger partial charge in [0.05, 0.1) is 6.61 Å². The van der Waals surface area contributed by atoms with Gasteiger partial charge >= 0.3 is 38.0 Å². The van der Waals surface area contributed by atoms with Crippen LogP contribution in [0.25, 0.3) is 0 Å². The van der Waals surface area contributed by atoms with Crippen molar-refractivity contribution in [1.82, 2.24) is 9.80 Å². The molecule has 0 fully saturated rings. The minimum absolute atomic E-state index is 0.0564. The van der Waals surface area contributed by atoms with Gasteiger partial charge in [0.2, 0.25) is 5.34 Å². The third kappa shape index (κ3) is 23.2. The third-order valence-corrected chi connectivity index (χ3v) is 8.72. The van der Waals surface area contributed by atoms with Crippen molar-refractivity contribution < 1.29 is 100 Å². The first-order valence-corrected chi connectivity index (χ1v) is 19.0. The lowest BCUT2D eigenvalue weighted by atomic mass is 10.2. The molecule has 0 aliphatic heterocycles. The van der Waals surface area contributed by atoms with E-state index in [0.29, 0.717) is 9.80 Å². The highest BCUT2D eigenvalue weighted by molar-refractivity contribution is 7.53. The molecule has 0 spiro atoms. The molecular formula is C13H31N2O21P5. The molecule has 10 N–H and O–H groups in total. The highest BCUT2D eigenvalue weighted by Crippen LogP contribution is 2.53. The van der Waals surface area contributed by atoms with E-state index < -0.39 is 101 Å². The second kappa shape index (κ2) is 18.0. The zero-order valence-electron chi connectivity index (χ0n) is 20.7. The molecule has 0 saturated heterocycles. The lowest BCUT2D eigenvalue weighted by Gasteiger charge is -2.30. The Balaban J connectivity index is 0. The zero-order valence-corrected chi connectivity index (χ0v) is 25.2. The van der Waals surface area contributed by atoms with E-state index in [1.54, 1.807) is 0 Å². The summed E-state index contributed by atoms with van der Waals surface area (Å²) >= 11 is 0. The van der Waals surface area contributed by atoms with Crippen LogP contribution in [0.4, 0.5) is 0 Å². The fourth-order valence-corrected chi connectivity index (χ4v) is 6.85. The molecule has 23 nitrogen and oxygen atoms in total. The smallest absolute Gasteiger partial charge is 0.372 e. The Hall–Kier alpha value is -0.920. The lowest BCUT2D eigenvalue weighted by Crippen LogP contribution is -2.38. The Labute approximate surface area is 231 Å². The third-order valence-electron chi connectivity index (χ3n) is 4.12. The van der Waals surface area contributed by atoms with E-state index in [0.717, 1.165) is 0 Å². The predicted octanol–water partition coefficient (Wildman–Crippen LogP) is -3.10. The fourth-order valence-electron chi connectivity index (χ4n) is 2.68. The number of rotatable bonds is 21. The van der Waals surface area contributed by atoms with E-state index in [-0.39, 0.29) is 19.4 Å². The van der Waals surface area contributed by atoms with Crippen molar-refractivity contribution in [2.75, 3.05) is 51.4 Å². The first-order valence-electron chi connectivity index (χ1n) is 10.2. The molecule has 0 bridgehead atoms. The highest BCUT2D eigenvalue weighted by Gasteiger charge is 2.50. The van der Waals surface area contributed by atoms with E-state index in [1.165, 1.54) is 0 Å². The number of ether oxygens (including phenoxy) is 3. The lowest BCUT2D eigenvalue weighted by molar-refractivity contribution is -0.150. The van der Waals surface area contributed by atoms with Crippen molar-refractivity contribution >= 4 is 57.4 Å². The summed E-state index contributed by atoms with van der Waals surface area (Å²) in [5.41, 5.74) is 0. The van der Waals surface area contributed by atoms with Gasteiger partial charge in [-0.1, -0.05) is 0 Å². The standard InChI is InChI=1S/C7H11O9P.C6H20N2O12P4/c8-4-14-2-1-7(16-6-10,3-15-5-9)17(11,12)13;9-21(10,11)3-7(4-22(12,13)14)1-2-8(5-23(15,16)17)6-24(18,19)20/h4-6H,1-3H2,(H2,11,12,13);1-6H2,(H2,9,10,11)(H2,12,13,14)(H2,15,16,17)(H2,18,19,20). The molecule has 0 aliphatic carbocycles. The molecular weight excluding hydrogens is 675 g/mol. The normalized spacial score (nSPS) is 14.4. The minimum Gasteiger partial charge on any atom is -0.468 e. The largest absolute Gasteiger partial charge is 0.468 e. The SMILES string of the molecule is O=COCCC(COC=O)(OC=O)P(=O)(O)O.O=P(O)(O)CN(CCN(CP(=O)(O)O)CP(=O)(O)O)CP(=O)(O)O. The maximum Gasteiger partial charge on any atom is 0.372 e. The second-order valence-corrected chi connectivity index (χ2v) is 16.2. The van der Waals surface area contributed by atoms with Gasteiger partial charge in [-0.3, -0.25) is 47.0 Å². The average Bonchev–Trinajstić information content (AvgIpc) is 2.71. The summed E-state index contributed by atoms with van der Waals surface area (Å²) in [5, 5.41) is -2.35. The molecule has 0 rings (SSSR count). The van der Waals surface area contributed by atoms with Gasteiger partial charge < -0.3 is 63.1 Å². The molecule has 1 atom stereocenters. The van der Waals surface area contributed by atoms with Crippen LogP contribution in [-0.2, 0) is 51.4 Å². The molecule has 1 unspecified atom stereocenters. The molecule has 0 aromatic heterocycles. The van der Waals surface area contributed by atoms with Gasteiger partial charge in [-0.25, -0.2) is 0 Å². The van der Waals surface area contributed by atoms with Gasteiger partial charge in [0.1, 0.15) is 31.8 Å². The molecule has 244 valence electrons. The first-order chi connectivity index (χ1) is 18.3. The molecule has 0 aliphatic rings.